The number of piperazine rings is 1. The Morgan fingerprint density at radius 1 is 1.30 bits per heavy atom. The number of carboxylic acids is 1. The Bertz CT molecular complexity index is 585. The zero-order valence-electron chi connectivity index (χ0n) is 10.2. The number of rotatable bonds is 2. The second-order valence-electron chi connectivity index (χ2n) is 4.29. The van der Waals surface area contributed by atoms with E-state index < -0.39 is 36.1 Å². The van der Waals surface area contributed by atoms with Gasteiger partial charge in [0.15, 0.2) is 0 Å². The van der Waals surface area contributed by atoms with E-state index in [9.17, 15) is 19.5 Å². The summed E-state index contributed by atoms with van der Waals surface area (Å²) in [5, 5.41) is 30.2. The number of aliphatic carboxylic acids is 1. The predicted molar refractivity (Wildman–Crippen MR) is 65.2 cm³/mol. The van der Waals surface area contributed by atoms with Gasteiger partial charge >= 0.3 is 5.97 Å². The molecule has 0 aromatic heterocycles. The monoisotopic (exact) mass is 280 g/mol. The van der Waals surface area contributed by atoms with Crippen molar-refractivity contribution in [2.24, 2.45) is 0 Å². The second-order valence-corrected chi connectivity index (χ2v) is 4.29. The highest BCUT2D eigenvalue weighted by molar-refractivity contribution is 6.01. The van der Waals surface area contributed by atoms with Gasteiger partial charge in [0, 0.05) is 12.6 Å². The van der Waals surface area contributed by atoms with Gasteiger partial charge in [0.05, 0.1) is 5.56 Å². The molecule has 1 fully saturated rings. The minimum Gasteiger partial charge on any atom is -0.508 e. The van der Waals surface area contributed by atoms with Gasteiger partial charge in [0.2, 0.25) is 5.91 Å². The third kappa shape index (κ3) is 2.48. The van der Waals surface area contributed by atoms with Crippen molar-refractivity contribution in [3.05, 3.63) is 23.8 Å². The van der Waals surface area contributed by atoms with E-state index in [1.165, 1.54) is 12.1 Å². The summed E-state index contributed by atoms with van der Waals surface area (Å²) in [5.74, 6) is -3.23. The average Bonchev–Trinajstić information content (AvgIpc) is 2.37. The van der Waals surface area contributed by atoms with Crippen LogP contribution in [0.5, 0.6) is 11.5 Å². The Labute approximate surface area is 113 Å². The van der Waals surface area contributed by atoms with Crippen molar-refractivity contribution < 1.29 is 29.7 Å². The molecule has 20 heavy (non-hydrogen) atoms. The van der Waals surface area contributed by atoms with Crippen LogP contribution in [0.4, 0.5) is 0 Å². The number of phenols is 2. The maximum absolute atomic E-state index is 12.2. The zero-order valence-corrected chi connectivity index (χ0v) is 10.2. The van der Waals surface area contributed by atoms with Crippen LogP contribution in [0.2, 0.25) is 0 Å². The van der Waals surface area contributed by atoms with E-state index in [0.717, 1.165) is 11.0 Å². The van der Waals surface area contributed by atoms with Crippen LogP contribution in [0.15, 0.2) is 18.2 Å². The number of amides is 2. The summed E-state index contributed by atoms with van der Waals surface area (Å²) >= 11 is 0. The molecule has 1 atom stereocenters. The number of phenolic OH excluding ortho intramolecular Hbond substituents is 2. The number of carbonyl (C=O) groups excluding carboxylic acids is 2. The first-order valence-corrected chi connectivity index (χ1v) is 5.72. The van der Waals surface area contributed by atoms with Crippen molar-refractivity contribution in [1.82, 2.24) is 10.2 Å². The highest BCUT2D eigenvalue weighted by Gasteiger charge is 2.36. The van der Waals surface area contributed by atoms with Crippen molar-refractivity contribution in [2.75, 3.05) is 13.1 Å². The van der Waals surface area contributed by atoms with Gasteiger partial charge in [-0.15, -0.1) is 0 Å². The third-order valence-corrected chi connectivity index (χ3v) is 2.94. The summed E-state index contributed by atoms with van der Waals surface area (Å²) in [6.07, 6.45) is 0. The molecular weight excluding hydrogens is 268 g/mol. The van der Waals surface area contributed by atoms with E-state index in [2.05, 4.69) is 5.32 Å². The van der Waals surface area contributed by atoms with Crippen LogP contribution < -0.4 is 5.32 Å². The van der Waals surface area contributed by atoms with Gasteiger partial charge in [-0.1, -0.05) is 0 Å². The van der Waals surface area contributed by atoms with Crippen LogP contribution in [0.3, 0.4) is 0 Å². The molecule has 1 aliphatic rings. The van der Waals surface area contributed by atoms with Gasteiger partial charge in [-0.2, -0.15) is 0 Å². The molecule has 106 valence electrons. The van der Waals surface area contributed by atoms with Crippen molar-refractivity contribution >= 4 is 17.8 Å². The lowest BCUT2D eigenvalue weighted by molar-refractivity contribution is -0.144. The SMILES string of the molecule is O=C1CN(C(=O)c2ccc(O)cc2O)C(C(=O)O)CN1. The molecule has 1 unspecified atom stereocenters. The number of nitrogens with one attached hydrogen (secondary N) is 1. The summed E-state index contributed by atoms with van der Waals surface area (Å²) in [6.45, 7) is -0.602. The fraction of sp³-hybridized carbons (Fsp3) is 0.250. The Morgan fingerprint density at radius 2 is 2.00 bits per heavy atom. The smallest absolute Gasteiger partial charge is 0.328 e. The topological polar surface area (TPSA) is 127 Å². The number of benzene rings is 1. The highest BCUT2D eigenvalue weighted by atomic mass is 16.4. The molecule has 1 saturated heterocycles. The van der Waals surface area contributed by atoms with E-state index in [-0.39, 0.29) is 17.9 Å². The first-order valence-electron chi connectivity index (χ1n) is 5.72. The molecule has 0 radical (unpaired) electrons. The fourth-order valence-corrected chi connectivity index (χ4v) is 1.93. The van der Waals surface area contributed by atoms with Gasteiger partial charge in [-0.3, -0.25) is 9.59 Å². The van der Waals surface area contributed by atoms with Gasteiger partial charge in [0.25, 0.3) is 5.91 Å². The molecule has 0 spiro atoms. The Balaban J connectivity index is 2.33. The molecular formula is C12H12N2O6. The number of carboxylic acid groups (broad SMARTS) is 1. The number of aromatic hydroxyl groups is 2. The predicted octanol–water partition coefficient (Wildman–Crippen LogP) is -0.877. The van der Waals surface area contributed by atoms with Crippen LogP contribution in [0, 0.1) is 0 Å². The van der Waals surface area contributed by atoms with E-state index >= 15 is 0 Å². The zero-order chi connectivity index (χ0) is 14.9. The van der Waals surface area contributed by atoms with E-state index in [1.807, 2.05) is 0 Å². The molecule has 2 rings (SSSR count). The summed E-state index contributed by atoms with van der Waals surface area (Å²) < 4.78 is 0. The molecule has 0 bridgehead atoms. The standard InChI is InChI=1S/C12H12N2O6/c15-6-1-2-7(9(16)3-6)11(18)14-5-10(17)13-4-8(14)12(19)20/h1-3,8,15-16H,4-5H2,(H,13,17)(H,19,20). The van der Waals surface area contributed by atoms with Gasteiger partial charge < -0.3 is 25.5 Å². The maximum Gasteiger partial charge on any atom is 0.328 e. The van der Waals surface area contributed by atoms with Crippen LogP contribution >= 0.6 is 0 Å². The van der Waals surface area contributed by atoms with Crippen molar-refractivity contribution in [2.45, 2.75) is 6.04 Å². The van der Waals surface area contributed by atoms with E-state index in [4.69, 9.17) is 10.2 Å². The number of nitrogens with zero attached hydrogens (tertiary/aromatic N) is 1. The molecule has 1 aromatic rings. The molecule has 0 saturated carbocycles. The van der Waals surface area contributed by atoms with Crippen LogP contribution in [0.25, 0.3) is 0 Å². The van der Waals surface area contributed by atoms with Gasteiger partial charge in [-0.05, 0) is 12.1 Å². The lowest BCUT2D eigenvalue weighted by Crippen LogP contribution is -2.59. The maximum atomic E-state index is 12.2. The summed E-state index contributed by atoms with van der Waals surface area (Å²) in [7, 11) is 0. The van der Waals surface area contributed by atoms with E-state index in [0.29, 0.717) is 0 Å². The highest BCUT2D eigenvalue weighted by Crippen LogP contribution is 2.24. The molecule has 1 aliphatic heterocycles. The quantitative estimate of drug-likeness (QED) is 0.557. The number of hydrogen-bond donors (Lipinski definition) is 4. The second kappa shape index (κ2) is 5.08. The van der Waals surface area contributed by atoms with Crippen LogP contribution in [-0.4, -0.2) is 57.1 Å². The van der Waals surface area contributed by atoms with Crippen molar-refractivity contribution in [1.29, 1.82) is 0 Å². The molecule has 8 nitrogen and oxygen atoms in total. The molecule has 4 N–H and O–H groups in total. The minimum absolute atomic E-state index is 0.177. The summed E-state index contributed by atoms with van der Waals surface area (Å²) in [4.78, 5) is 35.5. The Kier molecular flexibility index (Phi) is 3.47. The van der Waals surface area contributed by atoms with Crippen molar-refractivity contribution in [3.63, 3.8) is 0 Å². The minimum atomic E-state index is -1.25. The summed E-state index contributed by atoms with van der Waals surface area (Å²) in [5.41, 5.74) is -0.177. The average molecular weight is 280 g/mol. The third-order valence-electron chi connectivity index (χ3n) is 2.94. The normalized spacial score (nSPS) is 18.5. The summed E-state index contributed by atoms with van der Waals surface area (Å²) in [6, 6.07) is 2.12. The van der Waals surface area contributed by atoms with E-state index in [1.54, 1.807) is 0 Å². The molecule has 1 heterocycles. The number of hydrogen-bond acceptors (Lipinski definition) is 5. The van der Waals surface area contributed by atoms with Crippen LogP contribution in [0.1, 0.15) is 10.4 Å². The van der Waals surface area contributed by atoms with Crippen LogP contribution in [-0.2, 0) is 9.59 Å². The van der Waals surface area contributed by atoms with Gasteiger partial charge in [0.1, 0.15) is 24.1 Å². The lowest BCUT2D eigenvalue weighted by atomic mass is 10.1. The molecule has 2 amide bonds. The Hall–Kier alpha value is -2.77. The molecule has 1 aromatic carbocycles. The number of carbonyl (C=O) groups is 3. The molecule has 8 heteroatoms. The first-order chi connectivity index (χ1) is 9.40. The largest absolute Gasteiger partial charge is 0.508 e. The lowest BCUT2D eigenvalue weighted by Gasteiger charge is -2.32. The Morgan fingerprint density at radius 3 is 2.60 bits per heavy atom. The molecule has 0 aliphatic carbocycles. The fourth-order valence-electron chi connectivity index (χ4n) is 1.93. The first kappa shape index (κ1) is 13.7. The van der Waals surface area contributed by atoms with Gasteiger partial charge in [-0.25, -0.2) is 4.79 Å². The van der Waals surface area contributed by atoms with Crippen molar-refractivity contribution in [3.8, 4) is 11.5 Å².